The summed E-state index contributed by atoms with van der Waals surface area (Å²) in [5.41, 5.74) is 9.78. The molecule has 108 valence electrons. The van der Waals surface area contributed by atoms with Crippen molar-refractivity contribution in [1.82, 2.24) is 0 Å². The van der Waals surface area contributed by atoms with Crippen LogP contribution in [0.5, 0.6) is 0 Å². The molecule has 0 radical (unpaired) electrons. The van der Waals surface area contributed by atoms with Crippen LogP contribution in [0.1, 0.15) is 18.1 Å². The summed E-state index contributed by atoms with van der Waals surface area (Å²) >= 11 is 0. The number of carbonyl (C=O) groups is 1. The van der Waals surface area contributed by atoms with Crippen molar-refractivity contribution in [2.45, 2.75) is 19.8 Å². The summed E-state index contributed by atoms with van der Waals surface area (Å²) in [6.45, 7) is 2.98. The van der Waals surface area contributed by atoms with E-state index in [1.807, 2.05) is 47.4 Å². The highest BCUT2D eigenvalue weighted by molar-refractivity contribution is 5.96. The average Bonchev–Trinajstić information content (AvgIpc) is 2.46. The predicted octanol–water partition coefficient (Wildman–Crippen LogP) is 3.04. The van der Waals surface area contributed by atoms with Crippen molar-refractivity contribution in [1.29, 1.82) is 0 Å². The lowest BCUT2D eigenvalue weighted by molar-refractivity contribution is -0.118. The van der Waals surface area contributed by atoms with Crippen LogP contribution in [0.2, 0.25) is 0 Å². The van der Waals surface area contributed by atoms with Gasteiger partial charge in [-0.25, -0.2) is 0 Å². The molecule has 1 aliphatic heterocycles. The second-order valence-corrected chi connectivity index (χ2v) is 5.86. The molecule has 0 fully saturated rings. The SMILES string of the molecule is CC1Cc2ccccc2N(C(=O)Cc2cccc(N)c2)C1. The van der Waals surface area contributed by atoms with E-state index >= 15 is 0 Å². The Kier molecular flexibility index (Phi) is 3.65. The molecule has 2 aromatic carbocycles. The Hall–Kier alpha value is -2.29. The molecule has 0 aromatic heterocycles. The fourth-order valence-electron chi connectivity index (χ4n) is 3.01. The Labute approximate surface area is 125 Å². The van der Waals surface area contributed by atoms with Crippen LogP contribution in [0.25, 0.3) is 0 Å². The molecule has 0 saturated carbocycles. The molecule has 1 amide bonds. The first-order valence-corrected chi connectivity index (χ1v) is 7.36. The number of para-hydroxylation sites is 1. The number of carbonyl (C=O) groups excluding carboxylic acids is 1. The third kappa shape index (κ3) is 2.92. The lowest BCUT2D eigenvalue weighted by Crippen LogP contribution is -2.40. The number of anilines is 2. The average molecular weight is 280 g/mol. The van der Waals surface area contributed by atoms with Crippen LogP contribution in [0.15, 0.2) is 48.5 Å². The van der Waals surface area contributed by atoms with Crippen LogP contribution in [-0.4, -0.2) is 12.5 Å². The Morgan fingerprint density at radius 2 is 2.05 bits per heavy atom. The van der Waals surface area contributed by atoms with Gasteiger partial charge in [0, 0.05) is 17.9 Å². The van der Waals surface area contributed by atoms with E-state index in [1.54, 1.807) is 0 Å². The second kappa shape index (κ2) is 5.60. The van der Waals surface area contributed by atoms with Gasteiger partial charge in [-0.2, -0.15) is 0 Å². The van der Waals surface area contributed by atoms with Gasteiger partial charge in [0.25, 0.3) is 0 Å². The molecule has 0 spiro atoms. The van der Waals surface area contributed by atoms with E-state index in [0.29, 0.717) is 18.0 Å². The summed E-state index contributed by atoms with van der Waals surface area (Å²) in [5, 5.41) is 0. The minimum Gasteiger partial charge on any atom is -0.399 e. The quantitative estimate of drug-likeness (QED) is 0.859. The van der Waals surface area contributed by atoms with Crippen LogP contribution < -0.4 is 10.6 Å². The van der Waals surface area contributed by atoms with Crippen molar-refractivity contribution in [3.05, 3.63) is 59.7 Å². The highest BCUT2D eigenvalue weighted by atomic mass is 16.2. The zero-order chi connectivity index (χ0) is 14.8. The van der Waals surface area contributed by atoms with Gasteiger partial charge < -0.3 is 10.6 Å². The standard InChI is InChI=1S/C18H20N2O/c1-13-9-15-6-2-3-8-17(15)20(12-13)18(21)11-14-5-4-7-16(19)10-14/h2-8,10,13H,9,11-12,19H2,1H3. The number of hydrogen-bond donors (Lipinski definition) is 1. The second-order valence-electron chi connectivity index (χ2n) is 5.86. The van der Waals surface area contributed by atoms with E-state index in [0.717, 1.165) is 24.2 Å². The molecule has 1 heterocycles. The Balaban J connectivity index is 1.85. The van der Waals surface area contributed by atoms with Crippen LogP contribution in [0.4, 0.5) is 11.4 Å². The van der Waals surface area contributed by atoms with Crippen LogP contribution in [0.3, 0.4) is 0 Å². The molecule has 0 bridgehead atoms. The fraction of sp³-hybridized carbons (Fsp3) is 0.278. The third-order valence-electron chi connectivity index (χ3n) is 3.95. The largest absolute Gasteiger partial charge is 0.399 e. The molecule has 3 heteroatoms. The number of amides is 1. The maximum Gasteiger partial charge on any atom is 0.231 e. The highest BCUT2D eigenvalue weighted by Gasteiger charge is 2.25. The fourth-order valence-corrected chi connectivity index (χ4v) is 3.01. The molecule has 0 saturated heterocycles. The summed E-state index contributed by atoms with van der Waals surface area (Å²) in [7, 11) is 0. The first kappa shape index (κ1) is 13.7. The molecule has 0 aliphatic carbocycles. The maximum absolute atomic E-state index is 12.7. The summed E-state index contributed by atoms with van der Waals surface area (Å²) in [4.78, 5) is 14.6. The minimum absolute atomic E-state index is 0.139. The van der Waals surface area contributed by atoms with Gasteiger partial charge in [0.05, 0.1) is 6.42 Å². The molecule has 21 heavy (non-hydrogen) atoms. The van der Waals surface area contributed by atoms with Crippen LogP contribution in [-0.2, 0) is 17.6 Å². The summed E-state index contributed by atoms with van der Waals surface area (Å²) < 4.78 is 0. The van der Waals surface area contributed by atoms with Gasteiger partial charge in [-0.05, 0) is 41.7 Å². The zero-order valence-electron chi connectivity index (χ0n) is 12.3. The van der Waals surface area contributed by atoms with E-state index in [2.05, 4.69) is 13.0 Å². The van der Waals surface area contributed by atoms with Crippen molar-refractivity contribution < 1.29 is 4.79 Å². The van der Waals surface area contributed by atoms with E-state index in [-0.39, 0.29) is 5.91 Å². The van der Waals surface area contributed by atoms with Crippen molar-refractivity contribution in [2.75, 3.05) is 17.2 Å². The first-order valence-electron chi connectivity index (χ1n) is 7.36. The summed E-state index contributed by atoms with van der Waals surface area (Å²) in [6.07, 6.45) is 1.43. The Morgan fingerprint density at radius 1 is 1.24 bits per heavy atom. The predicted molar refractivity (Wildman–Crippen MR) is 86.2 cm³/mol. The molecule has 3 nitrogen and oxygen atoms in total. The molecule has 3 rings (SSSR count). The number of rotatable bonds is 2. The summed E-state index contributed by atoms with van der Waals surface area (Å²) in [6, 6.07) is 15.7. The van der Waals surface area contributed by atoms with E-state index in [1.165, 1.54) is 5.56 Å². The van der Waals surface area contributed by atoms with Gasteiger partial charge in [0.15, 0.2) is 0 Å². The van der Waals surface area contributed by atoms with E-state index < -0.39 is 0 Å². The van der Waals surface area contributed by atoms with E-state index in [4.69, 9.17) is 5.73 Å². The van der Waals surface area contributed by atoms with E-state index in [9.17, 15) is 4.79 Å². The first-order chi connectivity index (χ1) is 10.1. The van der Waals surface area contributed by atoms with Gasteiger partial charge in [0.2, 0.25) is 5.91 Å². The zero-order valence-corrected chi connectivity index (χ0v) is 12.3. The van der Waals surface area contributed by atoms with Crippen molar-refractivity contribution in [3.63, 3.8) is 0 Å². The van der Waals surface area contributed by atoms with Crippen molar-refractivity contribution >= 4 is 17.3 Å². The summed E-state index contributed by atoms with van der Waals surface area (Å²) in [5.74, 6) is 0.629. The maximum atomic E-state index is 12.7. The molecule has 1 unspecified atom stereocenters. The molecular weight excluding hydrogens is 260 g/mol. The van der Waals surface area contributed by atoms with Gasteiger partial charge in [-0.1, -0.05) is 37.3 Å². The lowest BCUT2D eigenvalue weighted by Gasteiger charge is -2.33. The molecule has 2 aromatic rings. The highest BCUT2D eigenvalue weighted by Crippen LogP contribution is 2.29. The monoisotopic (exact) mass is 280 g/mol. The lowest BCUT2D eigenvalue weighted by atomic mass is 9.93. The minimum atomic E-state index is 0.139. The number of nitrogens with two attached hydrogens (primary N) is 1. The third-order valence-corrected chi connectivity index (χ3v) is 3.95. The van der Waals surface area contributed by atoms with Crippen LogP contribution >= 0.6 is 0 Å². The van der Waals surface area contributed by atoms with Gasteiger partial charge in [0.1, 0.15) is 0 Å². The normalized spacial score (nSPS) is 17.4. The number of fused-ring (bicyclic) bond motifs is 1. The molecule has 1 atom stereocenters. The number of hydrogen-bond acceptors (Lipinski definition) is 2. The number of nitrogens with zero attached hydrogens (tertiary/aromatic N) is 1. The van der Waals surface area contributed by atoms with Gasteiger partial charge >= 0.3 is 0 Å². The topological polar surface area (TPSA) is 46.3 Å². The molecule has 1 aliphatic rings. The van der Waals surface area contributed by atoms with Crippen molar-refractivity contribution in [3.8, 4) is 0 Å². The smallest absolute Gasteiger partial charge is 0.231 e. The van der Waals surface area contributed by atoms with Crippen LogP contribution in [0, 0.1) is 5.92 Å². The Bertz CT molecular complexity index is 666. The van der Waals surface area contributed by atoms with Gasteiger partial charge in [-0.3, -0.25) is 4.79 Å². The Morgan fingerprint density at radius 3 is 2.86 bits per heavy atom. The number of nitrogen functional groups attached to an aromatic ring is 1. The molecular formula is C18H20N2O. The number of benzene rings is 2. The van der Waals surface area contributed by atoms with Gasteiger partial charge in [-0.15, -0.1) is 0 Å². The van der Waals surface area contributed by atoms with Crippen molar-refractivity contribution in [2.24, 2.45) is 5.92 Å². The molecule has 2 N–H and O–H groups in total.